The summed E-state index contributed by atoms with van der Waals surface area (Å²) in [5.74, 6) is 0.110. The molecule has 0 aliphatic carbocycles. The van der Waals surface area contributed by atoms with Gasteiger partial charge in [-0.05, 0) is 30.2 Å². The lowest BCUT2D eigenvalue weighted by atomic mass is 10.1. The number of aromatic nitrogens is 1. The van der Waals surface area contributed by atoms with Gasteiger partial charge in [-0.25, -0.2) is 9.78 Å². The van der Waals surface area contributed by atoms with Crippen molar-refractivity contribution < 1.29 is 14.3 Å². The van der Waals surface area contributed by atoms with E-state index in [1.165, 1.54) is 17.4 Å². The molecule has 6 heteroatoms. The first-order valence-corrected chi connectivity index (χ1v) is 8.56. The number of thiazole rings is 1. The van der Waals surface area contributed by atoms with Crippen molar-refractivity contribution >= 4 is 23.4 Å². The molecule has 1 aromatic heterocycles. The molecule has 5 nitrogen and oxygen atoms in total. The van der Waals surface area contributed by atoms with Crippen LogP contribution in [-0.4, -0.2) is 17.6 Å². The van der Waals surface area contributed by atoms with Gasteiger partial charge < -0.3 is 9.47 Å². The van der Waals surface area contributed by atoms with Crippen LogP contribution in [0.3, 0.4) is 0 Å². The topological polar surface area (TPSA) is 72.2 Å². The molecule has 0 aliphatic rings. The number of unbranched alkanes of at least 4 members (excludes halogenated alkanes) is 1. The van der Waals surface area contributed by atoms with E-state index < -0.39 is 5.97 Å². The minimum Gasteiger partial charge on any atom is -0.487 e. The van der Waals surface area contributed by atoms with E-state index in [0.29, 0.717) is 19.0 Å². The SMILES string of the molecule is CCCCOC(=O)/C(C#N)=C/c1ccc(OCc2cscn2)cc1. The van der Waals surface area contributed by atoms with E-state index in [1.807, 2.05) is 18.4 Å². The molecule has 0 unspecified atom stereocenters. The van der Waals surface area contributed by atoms with E-state index in [-0.39, 0.29) is 5.57 Å². The first kappa shape index (κ1) is 17.7. The molecule has 0 amide bonds. The summed E-state index contributed by atoms with van der Waals surface area (Å²) in [6.07, 6.45) is 3.23. The Hall–Kier alpha value is -2.65. The third-order valence-corrected chi connectivity index (χ3v) is 3.77. The van der Waals surface area contributed by atoms with Crippen LogP contribution >= 0.6 is 11.3 Å². The highest BCUT2D eigenvalue weighted by atomic mass is 32.1. The number of hydrogen-bond donors (Lipinski definition) is 0. The molecule has 124 valence electrons. The molecule has 2 rings (SSSR count). The van der Waals surface area contributed by atoms with Crippen LogP contribution in [0.4, 0.5) is 0 Å². The average molecular weight is 342 g/mol. The van der Waals surface area contributed by atoms with E-state index >= 15 is 0 Å². The van der Waals surface area contributed by atoms with Crippen LogP contribution in [0.25, 0.3) is 6.08 Å². The number of carbonyl (C=O) groups excluding carboxylic acids is 1. The maximum Gasteiger partial charge on any atom is 0.348 e. The number of benzene rings is 1. The maximum absolute atomic E-state index is 11.8. The number of carbonyl (C=O) groups is 1. The van der Waals surface area contributed by atoms with Gasteiger partial charge in [0.1, 0.15) is 24.0 Å². The summed E-state index contributed by atoms with van der Waals surface area (Å²) < 4.78 is 10.7. The van der Waals surface area contributed by atoms with Crippen molar-refractivity contribution in [2.75, 3.05) is 6.61 Å². The number of nitrogens with zero attached hydrogens (tertiary/aromatic N) is 2. The van der Waals surface area contributed by atoms with Crippen LogP contribution in [0, 0.1) is 11.3 Å². The lowest BCUT2D eigenvalue weighted by Gasteiger charge is -2.05. The van der Waals surface area contributed by atoms with Crippen LogP contribution < -0.4 is 4.74 Å². The minimum absolute atomic E-state index is 0.0118. The average Bonchev–Trinajstić information content (AvgIpc) is 3.12. The summed E-state index contributed by atoms with van der Waals surface area (Å²) in [7, 11) is 0. The van der Waals surface area contributed by atoms with Gasteiger partial charge in [-0.1, -0.05) is 25.5 Å². The standard InChI is InChI=1S/C18H18N2O3S/c1-2-3-8-22-18(21)15(10-19)9-14-4-6-17(7-5-14)23-11-16-12-24-13-20-16/h4-7,9,12-13H,2-3,8,11H2,1H3/b15-9+. The molecule has 0 aliphatic heterocycles. The molecule has 2 aromatic rings. The van der Waals surface area contributed by atoms with Crippen molar-refractivity contribution in [1.29, 1.82) is 5.26 Å². The Morgan fingerprint density at radius 2 is 2.17 bits per heavy atom. The summed E-state index contributed by atoms with van der Waals surface area (Å²) in [6.45, 7) is 2.75. The molecule has 0 saturated carbocycles. The van der Waals surface area contributed by atoms with E-state index in [0.717, 1.165) is 24.1 Å². The third kappa shape index (κ3) is 5.52. The van der Waals surface area contributed by atoms with E-state index in [4.69, 9.17) is 14.7 Å². The van der Waals surface area contributed by atoms with Gasteiger partial charge in [0.2, 0.25) is 0 Å². The first-order chi connectivity index (χ1) is 11.7. The van der Waals surface area contributed by atoms with Gasteiger partial charge in [0, 0.05) is 5.38 Å². The van der Waals surface area contributed by atoms with E-state index in [1.54, 1.807) is 29.8 Å². The highest BCUT2D eigenvalue weighted by molar-refractivity contribution is 7.07. The molecule has 0 atom stereocenters. The highest BCUT2D eigenvalue weighted by Crippen LogP contribution is 2.16. The molecule has 0 spiro atoms. The van der Waals surface area contributed by atoms with Crippen molar-refractivity contribution in [2.24, 2.45) is 0 Å². The highest BCUT2D eigenvalue weighted by Gasteiger charge is 2.10. The molecule has 1 aromatic carbocycles. The molecule has 0 fully saturated rings. The zero-order valence-electron chi connectivity index (χ0n) is 13.4. The quantitative estimate of drug-likeness (QED) is 0.314. The normalized spacial score (nSPS) is 10.9. The molecule has 0 saturated heterocycles. The zero-order valence-corrected chi connectivity index (χ0v) is 14.2. The van der Waals surface area contributed by atoms with Gasteiger partial charge in [0.15, 0.2) is 0 Å². The molecular formula is C18H18N2O3S. The van der Waals surface area contributed by atoms with Crippen LogP contribution in [0.15, 0.2) is 40.7 Å². The van der Waals surface area contributed by atoms with Crippen LogP contribution in [-0.2, 0) is 16.1 Å². The molecule has 0 radical (unpaired) electrons. The number of ether oxygens (including phenoxy) is 2. The van der Waals surface area contributed by atoms with Gasteiger partial charge in [-0.15, -0.1) is 11.3 Å². The van der Waals surface area contributed by atoms with E-state index in [2.05, 4.69) is 4.98 Å². The second-order valence-electron chi connectivity index (χ2n) is 5.00. The van der Waals surface area contributed by atoms with Crippen molar-refractivity contribution in [2.45, 2.75) is 26.4 Å². The van der Waals surface area contributed by atoms with Crippen LogP contribution in [0.1, 0.15) is 31.0 Å². The van der Waals surface area contributed by atoms with Crippen molar-refractivity contribution in [3.8, 4) is 11.8 Å². The predicted octanol–water partition coefficient (Wildman–Crippen LogP) is 3.97. The van der Waals surface area contributed by atoms with Gasteiger partial charge >= 0.3 is 5.97 Å². The Bertz CT molecular complexity index is 716. The minimum atomic E-state index is -0.588. The first-order valence-electron chi connectivity index (χ1n) is 7.61. The summed E-state index contributed by atoms with van der Waals surface area (Å²) in [4.78, 5) is 16.0. The van der Waals surface area contributed by atoms with Gasteiger partial charge in [0.05, 0.1) is 17.8 Å². The molecular weight excluding hydrogens is 324 g/mol. The Balaban J connectivity index is 1.95. The van der Waals surface area contributed by atoms with Crippen LogP contribution in [0.2, 0.25) is 0 Å². The lowest BCUT2D eigenvalue weighted by molar-refractivity contribution is -0.138. The number of hydrogen-bond acceptors (Lipinski definition) is 6. The summed E-state index contributed by atoms with van der Waals surface area (Å²) >= 11 is 1.52. The smallest absolute Gasteiger partial charge is 0.348 e. The Morgan fingerprint density at radius 3 is 2.79 bits per heavy atom. The van der Waals surface area contributed by atoms with Crippen molar-refractivity contribution in [3.63, 3.8) is 0 Å². The third-order valence-electron chi connectivity index (χ3n) is 3.13. The van der Waals surface area contributed by atoms with Gasteiger partial charge in [-0.3, -0.25) is 0 Å². The molecule has 0 N–H and O–H groups in total. The maximum atomic E-state index is 11.8. The second kappa shape index (κ2) is 9.48. The fraction of sp³-hybridized carbons (Fsp3) is 0.278. The largest absolute Gasteiger partial charge is 0.487 e. The monoisotopic (exact) mass is 342 g/mol. The summed E-state index contributed by atoms with van der Waals surface area (Å²) in [6, 6.07) is 9.03. The Labute approximate surface area is 145 Å². The summed E-state index contributed by atoms with van der Waals surface area (Å²) in [5, 5.41) is 11.0. The Kier molecular flexibility index (Phi) is 6.99. The second-order valence-corrected chi connectivity index (χ2v) is 5.72. The Morgan fingerprint density at radius 1 is 1.38 bits per heavy atom. The lowest BCUT2D eigenvalue weighted by Crippen LogP contribution is -2.07. The molecule has 1 heterocycles. The fourth-order valence-corrected chi connectivity index (χ4v) is 2.36. The van der Waals surface area contributed by atoms with Crippen molar-refractivity contribution in [3.05, 3.63) is 52.0 Å². The number of rotatable bonds is 8. The summed E-state index contributed by atoms with van der Waals surface area (Å²) in [5.41, 5.74) is 3.36. The fourth-order valence-electron chi connectivity index (χ4n) is 1.82. The molecule has 24 heavy (non-hydrogen) atoms. The van der Waals surface area contributed by atoms with Gasteiger partial charge in [-0.2, -0.15) is 5.26 Å². The predicted molar refractivity (Wildman–Crippen MR) is 92.3 cm³/mol. The van der Waals surface area contributed by atoms with E-state index in [9.17, 15) is 4.79 Å². The van der Waals surface area contributed by atoms with Gasteiger partial charge in [0.25, 0.3) is 0 Å². The zero-order chi connectivity index (χ0) is 17.2. The molecule has 0 bridgehead atoms. The van der Waals surface area contributed by atoms with Crippen molar-refractivity contribution in [1.82, 2.24) is 4.98 Å². The van der Waals surface area contributed by atoms with Crippen LogP contribution in [0.5, 0.6) is 5.75 Å². The number of esters is 1. The number of nitriles is 1.